The van der Waals surface area contributed by atoms with Crippen LogP contribution in [0.4, 0.5) is 5.82 Å². The molecule has 6 heteroatoms. The molecule has 19 heavy (non-hydrogen) atoms. The lowest BCUT2D eigenvalue weighted by Crippen LogP contribution is -2.14. The maximum absolute atomic E-state index is 8.57. The number of pyridine rings is 2. The second-order valence-corrected chi connectivity index (χ2v) is 4.06. The van der Waals surface area contributed by atoms with Crippen LogP contribution in [-0.2, 0) is 0 Å². The van der Waals surface area contributed by atoms with E-state index in [2.05, 4.69) is 20.4 Å². The zero-order valence-electron chi connectivity index (χ0n) is 10.5. The van der Waals surface area contributed by atoms with Crippen LogP contribution in [0.5, 0.6) is 0 Å². The van der Waals surface area contributed by atoms with Crippen LogP contribution >= 0.6 is 0 Å². The van der Waals surface area contributed by atoms with Gasteiger partial charge in [0.1, 0.15) is 5.82 Å². The summed E-state index contributed by atoms with van der Waals surface area (Å²) in [5.41, 5.74) is 7.17. The van der Waals surface area contributed by atoms with Crippen LogP contribution in [0.3, 0.4) is 0 Å². The molecule has 98 valence electrons. The van der Waals surface area contributed by atoms with E-state index in [1.165, 1.54) is 0 Å². The van der Waals surface area contributed by atoms with E-state index >= 15 is 0 Å². The first-order valence-electron chi connectivity index (χ1n) is 5.81. The second kappa shape index (κ2) is 5.81. The standard InChI is InChI=1S/C13H15N5O/c1-9(10-4-6-15-7-5-10)17-12-3-2-11(8-16-12)13(14)18-19/h2-9,19H,1H3,(H2,14,18)(H,16,17). The van der Waals surface area contributed by atoms with Gasteiger partial charge in [-0.3, -0.25) is 4.98 Å². The largest absolute Gasteiger partial charge is 0.409 e. The molecule has 0 spiro atoms. The molecule has 6 nitrogen and oxygen atoms in total. The molecule has 1 unspecified atom stereocenters. The van der Waals surface area contributed by atoms with Crippen LogP contribution in [0.25, 0.3) is 0 Å². The topological polar surface area (TPSA) is 96.4 Å². The summed E-state index contributed by atoms with van der Waals surface area (Å²) in [7, 11) is 0. The zero-order valence-corrected chi connectivity index (χ0v) is 10.5. The predicted octanol–water partition coefficient (Wildman–Crippen LogP) is 1.74. The molecule has 4 N–H and O–H groups in total. The van der Waals surface area contributed by atoms with Gasteiger partial charge in [0, 0.05) is 24.2 Å². The highest BCUT2D eigenvalue weighted by molar-refractivity contribution is 5.96. The second-order valence-electron chi connectivity index (χ2n) is 4.06. The molecule has 0 aliphatic heterocycles. The fraction of sp³-hybridized carbons (Fsp3) is 0.154. The smallest absolute Gasteiger partial charge is 0.171 e. The number of oxime groups is 1. The first-order chi connectivity index (χ1) is 9.20. The summed E-state index contributed by atoms with van der Waals surface area (Å²) < 4.78 is 0. The molecule has 2 heterocycles. The Morgan fingerprint density at radius 3 is 2.63 bits per heavy atom. The average molecular weight is 257 g/mol. The molecule has 0 aliphatic rings. The fourth-order valence-electron chi connectivity index (χ4n) is 1.65. The lowest BCUT2D eigenvalue weighted by atomic mass is 10.1. The van der Waals surface area contributed by atoms with Gasteiger partial charge in [-0.1, -0.05) is 5.16 Å². The molecular formula is C13H15N5O. The molecule has 0 bridgehead atoms. The van der Waals surface area contributed by atoms with Crippen molar-refractivity contribution in [1.29, 1.82) is 0 Å². The molecule has 0 saturated heterocycles. The summed E-state index contributed by atoms with van der Waals surface area (Å²) in [4.78, 5) is 8.20. The van der Waals surface area contributed by atoms with E-state index in [1.807, 2.05) is 19.1 Å². The van der Waals surface area contributed by atoms with Gasteiger partial charge in [-0.05, 0) is 36.8 Å². The number of nitrogens with zero attached hydrogens (tertiary/aromatic N) is 3. The molecule has 2 rings (SSSR count). The number of anilines is 1. The van der Waals surface area contributed by atoms with Gasteiger partial charge in [0.25, 0.3) is 0 Å². The Hall–Kier alpha value is -2.63. The number of nitrogens with one attached hydrogen (secondary N) is 1. The Morgan fingerprint density at radius 2 is 2.05 bits per heavy atom. The van der Waals surface area contributed by atoms with Gasteiger partial charge in [0.2, 0.25) is 0 Å². The van der Waals surface area contributed by atoms with Crippen molar-refractivity contribution in [2.75, 3.05) is 5.32 Å². The lowest BCUT2D eigenvalue weighted by molar-refractivity contribution is 0.318. The van der Waals surface area contributed by atoms with Gasteiger partial charge in [0.05, 0.1) is 6.04 Å². The SMILES string of the molecule is CC(Nc1ccc(C(N)=NO)cn1)c1ccncc1. The maximum atomic E-state index is 8.57. The van der Waals surface area contributed by atoms with E-state index in [-0.39, 0.29) is 11.9 Å². The van der Waals surface area contributed by atoms with Crippen molar-refractivity contribution in [1.82, 2.24) is 9.97 Å². The molecule has 0 saturated carbocycles. The van der Waals surface area contributed by atoms with Crippen molar-refractivity contribution in [3.63, 3.8) is 0 Å². The van der Waals surface area contributed by atoms with Gasteiger partial charge >= 0.3 is 0 Å². The highest BCUT2D eigenvalue weighted by atomic mass is 16.4. The third kappa shape index (κ3) is 3.19. The molecule has 0 aliphatic carbocycles. The lowest BCUT2D eigenvalue weighted by Gasteiger charge is -2.14. The summed E-state index contributed by atoms with van der Waals surface area (Å²) in [6.07, 6.45) is 5.06. The quantitative estimate of drug-likeness (QED) is 0.335. The Kier molecular flexibility index (Phi) is 3.92. The Morgan fingerprint density at radius 1 is 1.32 bits per heavy atom. The molecule has 2 aromatic rings. The Bertz CT molecular complexity index is 553. The van der Waals surface area contributed by atoms with Crippen molar-refractivity contribution in [2.24, 2.45) is 10.9 Å². The van der Waals surface area contributed by atoms with E-state index in [4.69, 9.17) is 10.9 Å². The van der Waals surface area contributed by atoms with Crippen LogP contribution in [-0.4, -0.2) is 21.0 Å². The minimum atomic E-state index is 0.0428. The first kappa shape index (κ1) is 12.8. The first-order valence-corrected chi connectivity index (χ1v) is 5.81. The van der Waals surface area contributed by atoms with E-state index in [9.17, 15) is 0 Å². The van der Waals surface area contributed by atoms with E-state index in [0.29, 0.717) is 5.56 Å². The van der Waals surface area contributed by atoms with Gasteiger partial charge in [-0.15, -0.1) is 0 Å². The van der Waals surface area contributed by atoms with Crippen molar-refractivity contribution >= 4 is 11.7 Å². The van der Waals surface area contributed by atoms with E-state index in [1.54, 1.807) is 30.7 Å². The number of amidine groups is 1. The molecule has 0 radical (unpaired) electrons. The predicted molar refractivity (Wildman–Crippen MR) is 73.0 cm³/mol. The molecule has 1 atom stereocenters. The highest BCUT2D eigenvalue weighted by Crippen LogP contribution is 2.16. The highest BCUT2D eigenvalue weighted by Gasteiger charge is 2.06. The Balaban J connectivity index is 2.08. The van der Waals surface area contributed by atoms with Crippen LogP contribution < -0.4 is 11.1 Å². The summed E-state index contributed by atoms with van der Waals surface area (Å²) in [6.45, 7) is 2.04. The van der Waals surface area contributed by atoms with Crippen LogP contribution in [0.15, 0.2) is 48.0 Å². The minimum Gasteiger partial charge on any atom is -0.409 e. The average Bonchev–Trinajstić information content (AvgIpc) is 2.48. The molecule has 0 aromatic carbocycles. The summed E-state index contributed by atoms with van der Waals surface area (Å²) in [5.74, 6) is 0.764. The molecule has 0 fully saturated rings. The van der Waals surface area contributed by atoms with Crippen molar-refractivity contribution in [3.8, 4) is 0 Å². The zero-order chi connectivity index (χ0) is 13.7. The van der Waals surface area contributed by atoms with Crippen LogP contribution in [0, 0.1) is 0 Å². The van der Waals surface area contributed by atoms with Crippen molar-refractivity contribution in [3.05, 3.63) is 54.0 Å². The number of aromatic nitrogens is 2. The van der Waals surface area contributed by atoms with E-state index in [0.717, 1.165) is 11.4 Å². The van der Waals surface area contributed by atoms with Crippen LogP contribution in [0.2, 0.25) is 0 Å². The number of hydrogen-bond donors (Lipinski definition) is 3. The third-order valence-electron chi connectivity index (χ3n) is 2.74. The van der Waals surface area contributed by atoms with E-state index < -0.39 is 0 Å². The summed E-state index contributed by atoms with van der Waals surface area (Å²) in [5, 5.41) is 14.7. The fourth-order valence-corrected chi connectivity index (χ4v) is 1.65. The van der Waals surface area contributed by atoms with Gasteiger partial charge < -0.3 is 16.3 Å². The van der Waals surface area contributed by atoms with Gasteiger partial charge in [-0.2, -0.15) is 0 Å². The number of hydrogen-bond acceptors (Lipinski definition) is 5. The number of rotatable bonds is 4. The van der Waals surface area contributed by atoms with Gasteiger partial charge in [-0.25, -0.2) is 4.98 Å². The monoisotopic (exact) mass is 257 g/mol. The molecule has 0 amide bonds. The third-order valence-corrected chi connectivity index (χ3v) is 2.74. The normalized spacial score (nSPS) is 13.0. The van der Waals surface area contributed by atoms with Crippen LogP contribution in [0.1, 0.15) is 24.1 Å². The summed E-state index contributed by atoms with van der Waals surface area (Å²) >= 11 is 0. The van der Waals surface area contributed by atoms with Crippen molar-refractivity contribution < 1.29 is 5.21 Å². The minimum absolute atomic E-state index is 0.0428. The number of nitrogens with two attached hydrogens (primary N) is 1. The molecular weight excluding hydrogens is 242 g/mol. The Labute approximate surface area is 111 Å². The molecule has 2 aromatic heterocycles. The maximum Gasteiger partial charge on any atom is 0.171 e. The van der Waals surface area contributed by atoms with Gasteiger partial charge in [0.15, 0.2) is 5.84 Å². The summed E-state index contributed by atoms with van der Waals surface area (Å²) in [6, 6.07) is 7.53. The van der Waals surface area contributed by atoms with Crippen molar-refractivity contribution in [2.45, 2.75) is 13.0 Å².